The predicted octanol–water partition coefficient (Wildman–Crippen LogP) is 6.85. The van der Waals surface area contributed by atoms with Crippen LogP contribution in [0.25, 0.3) is 22.0 Å². The number of pyridine rings is 1. The molecule has 2 aromatic carbocycles. The van der Waals surface area contributed by atoms with Gasteiger partial charge in [-0.05, 0) is 85.2 Å². The topological polar surface area (TPSA) is 95.0 Å². The molecule has 0 aliphatic carbocycles. The Bertz CT molecular complexity index is 1690. The number of fused-ring (bicyclic) bond motifs is 1. The zero-order valence-corrected chi connectivity index (χ0v) is 28.3. The first kappa shape index (κ1) is 37.3. The quantitative estimate of drug-likeness (QED) is 0.223. The normalized spacial score (nSPS) is 19.2. The Kier molecular flexibility index (Phi) is 10.7. The van der Waals surface area contributed by atoms with Gasteiger partial charge in [-0.25, -0.2) is 4.79 Å². The van der Waals surface area contributed by atoms with Crippen molar-refractivity contribution in [3.63, 3.8) is 0 Å². The van der Waals surface area contributed by atoms with Gasteiger partial charge in [-0.2, -0.15) is 26.3 Å². The Morgan fingerprint density at radius 2 is 1.56 bits per heavy atom. The third-order valence-electron chi connectivity index (χ3n) is 10.1. The van der Waals surface area contributed by atoms with Crippen molar-refractivity contribution in [3.8, 4) is 17.0 Å². The van der Waals surface area contributed by atoms with Crippen LogP contribution in [0.1, 0.15) is 50.7 Å². The van der Waals surface area contributed by atoms with Gasteiger partial charge < -0.3 is 15.2 Å². The molecule has 50 heavy (non-hydrogen) atoms. The van der Waals surface area contributed by atoms with E-state index in [9.17, 15) is 41.0 Å². The van der Waals surface area contributed by atoms with Crippen LogP contribution in [0.15, 0.2) is 48.7 Å². The number of hydrogen-bond donors (Lipinski definition) is 2. The molecule has 14 heteroatoms. The van der Waals surface area contributed by atoms with Gasteiger partial charge in [0.05, 0.1) is 13.7 Å². The van der Waals surface area contributed by atoms with Crippen LogP contribution < -0.4 is 10.1 Å². The molecule has 0 unspecified atom stereocenters. The molecule has 0 bridgehead atoms. The summed E-state index contributed by atoms with van der Waals surface area (Å²) in [6.07, 6.45) is -7.89. The van der Waals surface area contributed by atoms with E-state index in [-0.39, 0.29) is 6.42 Å². The Hall–Kier alpha value is -3.91. The molecule has 0 saturated carbocycles. The highest BCUT2D eigenvalue weighted by atomic mass is 19.4. The number of carboxylic acids is 1. The van der Waals surface area contributed by atoms with Gasteiger partial charge >= 0.3 is 18.3 Å². The Morgan fingerprint density at radius 3 is 2.16 bits per heavy atom. The number of nitrogens with zero attached hydrogens (tertiary/aromatic N) is 3. The van der Waals surface area contributed by atoms with Crippen molar-refractivity contribution in [1.82, 2.24) is 20.1 Å². The summed E-state index contributed by atoms with van der Waals surface area (Å²) in [6, 6.07) is 10.7. The monoisotopic (exact) mass is 708 g/mol. The minimum Gasteiger partial charge on any atom is -0.494 e. The second-order valence-electron chi connectivity index (χ2n) is 14.2. The maximum Gasteiger partial charge on any atom is 0.403 e. The number of carbonyl (C=O) groups is 2. The highest BCUT2D eigenvalue weighted by molar-refractivity contribution is 5.99. The Balaban J connectivity index is 1.37. The molecule has 2 N–H and O–H groups in total. The molecule has 0 spiro atoms. The van der Waals surface area contributed by atoms with E-state index in [1.165, 1.54) is 0 Å². The number of aliphatic carboxylic acids is 1. The number of piperidine rings is 2. The number of nitrogens with one attached hydrogen (secondary N) is 1. The van der Waals surface area contributed by atoms with Crippen LogP contribution >= 0.6 is 0 Å². The van der Waals surface area contributed by atoms with E-state index in [1.54, 1.807) is 37.6 Å². The summed E-state index contributed by atoms with van der Waals surface area (Å²) in [5.41, 5.74) is 0.0187. The molecule has 2 fully saturated rings. The van der Waals surface area contributed by atoms with Gasteiger partial charge in [0.15, 0.2) is 0 Å². The van der Waals surface area contributed by atoms with Gasteiger partial charge in [0.25, 0.3) is 0 Å². The molecule has 1 atom stereocenters. The summed E-state index contributed by atoms with van der Waals surface area (Å²) in [5, 5.41) is 13.4. The summed E-state index contributed by atoms with van der Waals surface area (Å²) in [6.45, 7) is 4.61. The van der Waals surface area contributed by atoms with Crippen molar-refractivity contribution in [1.29, 1.82) is 0 Å². The molecule has 0 radical (unpaired) electrons. The van der Waals surface area contributed by atoms with Gasteiger partial charge in [-0.3, -0.25) is 19.6 Å². The van der Waals surface area contributed by atoms with E-state index in [4.69, 9.17) is 9.72 Å². The van der Waals surface area contributed by atoms with Gasteiger partial charge in [-0.1, -0.05) is 50.2 Å². The molecular weight excluding hydrogens is 666 g/mol. The smallest absolute Gasteiger partial charge is 0.403 e. The Morgan fingerprint density at radius 1 is 0.940 bits per heavy atom. The minimum atomic E-state index is -5.11. The van der Waals surface area contributed by atoms with E-state index >= 15 is 0 Å². The largest absolute Gasteiger partial charge is 0.494 e. The van der Waals surface area contributed by atoms with Crippen LogP contribution in [0.3, 0.4) is 0 Å². The minimum absolute atomic E-state index is 0.325. The summed E-state index contributed by atoms with van der Waals surface area (Å²) >= 11 is 0. The number of rotatable bonds is 10. The van der Waals surface area contributed by atoms with Crippen LogP contribution in [0.5, 0.6) is 5.75 Å². The number of aromatic nitrogens is 1. The number of hydrogen-bond acceptors (Lipinski definition) is 6. The SMILES string of the molecule is COc1cc(CN2CCC(C)(C)CC2)cnc1-c1cccc2c(C[C@H](NC(=O)C3(C(F)(F)F)CCN(CC(F)(F)F)CC3)C(=O)O)cccc12. The van der Waals surface area contributed by atoms with E-state index in [1.807, 2.05) is 18.2 Å². The fourth-order valence-electron chi connectivity index (χ4n) is 6.97. The second-order valence-corrected chi connectivity index (χ2v) is 14.2. The summed E-state index contributed by atoms with van der Waals surface area (Å²) in [5.74, 6) is -2.56. The standard InChI is InChI=1S/C36H42F6N4O4/c1-33(2)10-14-45(15-11-33)21-23-18-29(50-3)30(43-20-23)27-9-5-7-25-24(6-4-8-26(25)27)19-28(31(47)48)44-32(49)34(36(40,41)42)12-16-46(17-13-34)22-35(37,38)39/h4-9,18,20,28H,10-17,19,21-22H2,1-3H3,(H,44,49)(H,47,48)/t28-/m0/s1. The number of ether oxygens (including phenoxy) is 1. The molecule has 2 saturated heterocycles. The molecule has 1 amide bonds. The molecular formula is C36H42F6N4O4. The first-order valence-electron chi connectivity index (χ1n) is 16.6. The van der Waals surface area contributed by atoms with Crippen molar-refractivity contribution in [2.75, 3.05) is 39.8 Å². The van der Waals surface area contributed by atoms with Crippen molar-refractivity contribution in [3.05, 3.63) is 59.8 Å². The Labute approximate surface area is 286 Å². The third kappa shape index (κ3) is 8.34. The van der Waals surface area contributed by atoms with Crippen LogP contribution in [-0.4, -0.2) is 90.0 Å². The second kappa shape index (κ2) is 14.4. The van der Waals surface area contributed by atoms with Crippen molar-refractivity contribution in [2.24, 2.45) is 10.8 Å². The predicted molar refractivity (Wildman–Crippen MR) is 176 cm³/mol. The lowest BCUT2D eigenvalue weighted by molar-refractivity contribution is -0.236. The maximum atomic E-state index is 14.4. The number of methoxy groups -OCH3 is 1. The number of amides is 1. The van der Waals surface area contributed by atoms with Crippen LogP contribution in [0, 0.1) is 10.8 Å². The van der Waals surface area contributed by atoms with Crippen LogP contribution in [0.2, 0.25) is 0 Å². The lowest BCUT2D eigenvalue weighted by atomic mass is 9.76. The number of carboxylic acid groups (broad SMARTS) is 1. The molecule has 3 aromatic rings. The number of benzene rings is 2. The third-order valence-corrected chi connectivity index (χ3v) is 10.1. The molecule has 2 aliphatic rings. The van der Waals surface area contributed by atoms with Crippen molar-refractivity contribution >= 4 is 22.6 Å². The molecule has 5 rings (SSSR count). The number of halogens is 6. The first-order chi connectivity index (χ1) is 23.4. The van der Waals surface area contributed by atoms with E-state index < -0.39 is 68.2 Å². The van der Waals surface area contributed by atoms with Gasteiger partial charge in [0.2, 0.25) is 5.91 Å². The number of likely N-dealkylation sites (tertiary alicyclic amines) is 2. The maximum absolute atomic E-state index is 14.4. The summed E-state index contributed by atoms with van der Waals surface area (Å²) in [7, 11) is 1.55. The zero-order valence-electron chi connectivity index (χ0n) is 28.3. The molecule has 8 nitrogen and oxygen atoms in total. The van der Waals surface area contributed by atoms with Crippen LogP contribution in [-0.2, 0) is 22.6 Å². The van der Waals surface area contributed by atoms with Gasteiger partial charge in [-0.15, -0.1) is 0 Å². The number of carbonyl (C=O) groups excluding carboxylic acids is 1. The van der Waals surface area contributed by atoms with Gasteiger partial charge in [0.1, 0.15) is 22.9 Å². The summed E-state index contributed by atoms with van der Waals surface area (Å²) in [4.78, 5) is 33.6. The summed E-state index contributed by atoms with van der Waals surface area (Å²) < 4.78 is 87.4. The molecule has 3 heterocycles. The molecule has 272 valence electrons. The van der Waals surface area contributed by atoms with Crippen molar-refractivity contribution < 1.29 is 45.8 Å². The van der Waals surface area contributed by atoms with E-state index in [2.05, 4.69) is 24.1 Å². The van der Waals surface area contributed by atoms with Crippen molar-refractivity contribution in [2.45, 2.75) is 70.9 Å². The van der Waals surface area contributed by atoms with E-state index in [0.29, 0.717) is 38.8 Å². The van der Waals surface area contributed by atoms with Gasteiger partial charge in [0, 0.05) is 24.7 Å². The van der Waals surface area contributed by atoms with E-state index in [0.717, 1.165) is 42.9 Å². The number of alkyl halides is 6. The van der Waals surface area contributed by atoms with Crippen LogP contribution in [0.4, 0.5) is 26.3 Å². The lowest BCUT2D eigenvalue weighted by Crippen LogP contribution is -2.59. The first-order valence-corrected chi connectivity index (χ1v) is 16.6. The fourth-order valence-corrected chi connectivity index (χ4v) is 6.97. The highest BCUT2D eigenvalue weighted by Gasteiger charge is 2.61. The fraction of sp³-hybridized carbons (Fsp3) is 0.528. The average molecular weight is 709 g/mol. The average Bonchev–Trinajstić information content (AvgIpc) is 3.04. The lowest BCUT2D eigenvalue weighted by Gasteiger charge is -2.42. The molecule has 1 aromatic heterocycles. The zero-order chi connectivity index (χ0) is 36.5. The highest BCUT2D eigenvalue weighted by Crippen LogP contribution is 2.47. The molecule has 2 aliphatic heterocycles.